The number of nitrogens with one attached hydrogen (secondary N) is 1. The normalized spacial score (nSPS) is 11.4. The summed E-state index contributed by atoms with van der Waals surface area (Å²) in [6.45, 7) is 0. The number of nitrogens with zero attached hydrogens (tertiary/aromatic N) is 1. The maximum Gasteiger partial charge on any atom is 0.294 e. The van der Waals surface area contributed by atoms with Crippen LogP contribution in [0.2, 0.25) is 20.1 Å². The monoisotopic (exact) mass is 670 g/mol. The standard InChI is InChI=1S/C21H12Cl4N2O3S.C6H6O3S/c22-15-5-3-7-19(20(15)25)31(28,29)27-13-9-16(23)21(17(24)10-13)30-14-8-12-4-1-2-6-18(12)26-11-14;7-10(8,9)6-4-2-1-3-5-6/h1-11,27H;1-5H,(H,7,8,9). The molecule has 0 aliphatic carbocycles. The van der Waals surface area contributed by atoms with Gasteiger partial charge in [-0.15, -0.1) is 0 Å². The van der Waals surface area contributed by atoms with Gasteiger partial charge in [0.25, 0.3) is 20.1 Å². The van der Waals surface area contributed by atoms with E-state index in [-0.39, 0.29) is 41.3 Å². The number of sulfonamides is 1. The quantitative estimate of drug-likeness (QED) is 0.174. The third kappa shape index (κ3) is 7.81. The summed E-state index contributed by atoms with van der Waals surface area (Å²) in [4.78, 5) is 4.08. The van der Waals surface area contributed by atoms with Crippen LogP contribution in [0.5, 0.6) is 11.5 Å². The zero-order chi connectivity index (χ0) is 29.8. The third-order valence-electron chi connectivity index (χ3n) is 5.28. The average Bonchev–Trinajstić information content (AvgIpc) is 2.92. The molecule has 8 nitrogen and oxygen atoms in total. The number of benzene rings is 4. The van der Waals surface area contributed by atoms with Crippen LogP contribution < -0.4 is 9.46 Å². The number of hydrogen-bond donors (Lipinski definition) is 2. The summed E-state index contributed by atoms with van der Waals surface area (Å²) >= 11 is 24.6. The maximum atomic E-state index is 12.7. The topological polar surface area (TPSA) is 123 Å². The van der Waals surface area contributed by atoms with Gasteiger partial charge in [-0.3, -0.25) is 14.3 Å². The van der Waals surface area contributed by atoms with E-state index >= 15 is 0 Å². The van der Waals surface area contributed by atoms with Gasteiger partial charge in [-0.1, -0.05) is 88.9 Å². The lowest BCUT2D eigenvalue weighted by atomic mass is 10.2. The Balaban J connectivity index is 0.000000328. The molecule has 0 aliphatic heterocycles. The van der Waals surface area contributed by atoms with Crippen LogP contribution in [0, 0.1) is 0 Å². The van der Waals surface area contributed by atoms with Gasteiger partial charge in [-0.05, 0) is 48.5 Å². The summed E-state index contributed by atoms with van der Waals surface area (Å²) in [6, 6.07) is 23.9. The van der Waals surface area contributed by atoms with E-state index in [1.807, 2.05) is 24.3 Å². The number of ether oxygens (including phenoxy) is 1. The Labute approximate surface area is 256 Å². The van der Waals surface area contributed by atoms with Gasteiger partial charge < -0.3 is 4.74 Å². The van der Waals surface area contributed by atoms with E-state index in [0.29, 0.717) is 5.75 Å². The van der Waals surface area contributed by atoms with E-state index in [1.54, 1.807) is 30.5 Å². The van der Waals surface area contributed by atoms with E-state index < -0.39 is 20.1 Å². The van der Waals surface area contributed by atoms with E-state index in [9.17, 15) is 16.8 Å². The SMILES string of the molecule is O=S(=O)(Nc1cc(Cl)c(Oc2cnc3ccccc3c2)c(Cl)c1)c1cccc(Cl)c1Cl.O=S(=O)(O)c1ccccc1. The first-order valence-corrected chi connectivity index (χ1v) is 15.8. The smallest absolute Gasteiger partial charge is 0.294 e. The van der Waals surface area contributed by atoms with Crippen LogP contribution in [-0.2, 0) is 20.1 Å². The minimum atomic E-state index is -4.03. The van der Waals surface area contributed by atoms with Gasteiger partial charge in [0.05, 0.1) is 42.4 Å². The highest BCUT2D eigenvalue weighted by molar-refractivity contribution is 7.92. The van der Waals surface area contributed by atoms with Crippen molar-refractivity contribution in [3.05, 3.63) is 117 Å². The molecule has 0 saturated heterocycles. The molecule has 5 aromatic rings. The van der Waals surface area contributed by atoms with Gasteiger partial charge in [0.2, 0.25) is 0 Å². The summed E-state index contributed by atoms with van der Waals surface area (Å²) in [7, 11) is -8.03. The molecule has 0 radical (unpaired) electrons. The van der Waals surface area contributed by atoms with Gasteiger partial charge in [0.15, 0.2) is 5.75 Å². The van der Waals surface area contributed by atoms with Gasteiger partial charge >= 0.3 is 0 Å². The summed E-state index contributed by atoms with van der Waals surface area (Å²) in [5.41, 5.74) is 0.950. The molecule has 0 amide bonds. The number of pyridine rings is 1. The molecule has 2 N–H and O–H groups in total. The highest BCUT2D eigenvalue weighted by atomic mass is 35.5. The summed E-state index contributed by atoms with van der Waals surface area (Å²) < 4.78 is 62.9. The number of anilines is 1. The molecule has 0 aliphatic rings. The fraction of sp³-hybridized carbons (Fsp3) is 0. The molecule has 0 spiro atoms. The molecule has 0 bridgehead atoms. The molecule has 14 heteroatoms. The summed E-state index contributed by atoms with van der Waals surface area (Å²) in [5, 5.41) is 1.13. The predicted octanol–water partition coefficient (Wildman–Crippen LogP) is 8.37. The highest BCUT2D eigenvalue weighted by Crippen LogP contribution is 2.40. The Hall–Kier alpha value is -3.09. The number of halogens is 4. The molecule has 41 heavy (non-hydrogen) atoms. The molecule has 1 aromatic heterocycles. The van der Waals surface area contributed by atoms with E-state index in [1.165, 1.54) is 42.5 Å². The first-order chi connectivity index (χ1) is 19.3. The minimum absolute atomic E-state index is 0.0741. The Morgan fingerprint density at radius 1 is 0.732 bits per heavy atom. The predicted molar refractivity (Wildman–Crippen MR) is 162 cm³/mol. The van der Waals surface area contributed by atoms with Crippen molar-refractivity contribution in [3.63, 3.8) is 0 Å². The Bertz CT molecular complexity index is 1920. The lowest BCUT2D eigenvalue weighted by Gasteiger charge is -2.14. The van der Waals surface area contributed by atoms with Crippen molar-refractivity contribution >= 4 is 83.1 Å². The molecule has 5 rings (SSSR count). The molecule has 1 heterocycles. The summed E-state index contributed by atoms with van der Waals surface area (Å²) in [5.74, 6) is 0.602. The summed E-state index contributed by atoms with van der Waals surface area (Å²) in [6.07, 6.45) is 1.55. The van der Waals surface area contributed by atoms with Crippen molar-refractivity contribution in [2.45, 2.75) is 9.79 Å². The van der Waals surface area contributed by atoms with Crippen LogP contribution in [0.4, 0.5) is 5.69 Å². The molecular weight excluding hydrogens is 654 g/mol. The molecule has 4 aromatic carbocycles. The first kappa shape index (κ1) is 30.9. The van der Waals surface area contributed by atoms with E-state index in [0.717, 1.165) is 10.9 Å². The minimum Gasteiger partial charge on any atom is -0.453 e. The van der Waals surface area contributed by atoms with Gasteiger partial charge in [-0.2, -0.15) is 8.42 Å². The molecule has 0 atom stereocenters. The van der Waals surface area contributed by atoms with Crippen molar-refractivity contribution in [3.8, 4) is 11.5 Å². The lowest BCUT2D eigenvalue weighted by Crippen LogP contribution is -2.13. The molecular formula is C27H18Cl4N2O6S2. The first-order valence-electron chi connectivity index (χ1n) is 11.4. The Morgan fingerprint density at radius 2 is 1.37 bits per heavy atom. The molecule has 0 unspecified atom stereocenters. The van der Waals surface area contributed by atoms with Crippen molar-refractivity contribution in [1.82, 2.24) is 4.98 Å². The van der Waals surface area contributed by atoms with Crippen molar-refractivity contribution in [1.29, 1.82) is 0 Å². The van der Waals surface area contributed by atoms with E-state index in [4.69, 9.17) is 55.7 Å². The number of rotatable bonds is 6. The number of hydrogen-bond acceptors (Lipinski definition) is 6. The molecule has 0 saturated carbocycles. The van der Waals surface area contributed by atoms with Crippen LogP contribution >= 0.6 is 46.4 Å². The lowest BCUT2D eigenvalue weighted by molar-refractivity contribution is 0.481. The highest BCUT2D eigenvalue weighted by Gasteiger charge is 2.21. The largest absolute Gasteiger partial charge is 0.453 e. The molecule has 212 valence electrons. The average molecular weight is 672 g/mol. The van der Waals surface area contributed by atoms with Gasteiger partial charge in [-0.25, -0.2) is 8.42 Å². The van der Waals surface area contributed by atoms with Crippen LogP contribution in [-0.4, -0.2) is 26.4 Å². The Kier molecular flexibility index (Phi) is 9.66. The van der Waals surface area contributed by atoms with Crippen LogP contribution in [0.25, 0.3) is 10.9 Å². The molecule has 0 fully saturated rings. The van der Waals surface area contributed by atoms with Crippen LogP contribution in [0.15, 0.2) is 107 Å². The fourth-order valence-electron chi connectivity index (χ4n) is 3.43. The zero-order valence-corrected chi connectivity index (χ0v) is 25.2. The second kappa shape index (κ2) is 12.8. The van der Waals surface area contributed by atoms with Gasteiger partial charge in [0, 0.05) is 5.39 Å². The fourth-order valence-corrected chi connectivity index (χ4v) is 6.30. The van der Waals surface area contributed by atoms with Crippen molar-refractivity contribution in [2.75, 3.05) is 4.72 Å². The van der Waals surface area contributed by atoms with Crippen molar-refractivity contribution < 1.29 is 26.1 Å². The van der Waals surface area contributed by atoms with Gasteiger partial charge in [0.1, 0.15) is 10.6 Å². The number of aromatic nitrogens is 1. The third-order valence-corrected chi connectivity index (χ3v) is 9.07. The number of fused-ring (bicyclic) bond motifs is 1. The van der Waals surface area contributed by atoms with Crippen LogP contribution in [0.3, 0.4) is 0 Å². The van der Waals surface area contributed by atoms with Crippen LogP contribution in [0.1, 0.15) is 0 Å². The number of para-hydroxylation sites is 1. The van der Waals surface area contributed by atoms with Crippen molar-refractivity contribution in [2.24, 2.45) is 0 Å². The second-order valence-electron chi connectivity index (χ2n) is 8.18. The second-order valence-corrected chi connectivity index (χ2v) is 12.9. The zero-order valence-electron chi connectivity index (χ0n) is 20.5. The maximum absolute atomic E-state index is 12.7. The van der Waals surface area contributed by atoms with E-state index in [2.05, 4.69) is 9.71 Å². The Morgan fingerprint density at radius 3 is 2.00 bits per heavy atom.